The van der Waals surface area contributed by atoms with Crippen LogP contribution in [0.4, 0.5) is 19.1 Å². The number of alkyl halides is 3. The van der Waals surface area contributed by atoms with E-state index in [0.717, 1.165) is 16.4 Å². The van der Waals surface area contributed by atoms with E-state index in [1.165, 1.54) is 0 Å². The number of hydrogen-bond acceptors (Lipinski definition) is 6. The first-order valence-corrected chi connectivity index (χ1v) is 11.1. The number of nitrogens with one attached hydrogen (secondary N) is 1. The Bertz CT molecular complexity index is 1070. The average Bonchev–Trinajstić information content (AvgIpc) is 3.11. The summed E-state index contributed by atoms with van der Waals surface area (Å²) in [6, 6.07) is 3.50. The molecule has 0 bridgehead atoms. The van der Waals surface area contributed by atoms with Gasteiger partial charge in [0.15, 0.2) is 0 Å². The van der Waals surface area contributed by atoms with E-state index in [9.17, 15) is 26.4 Å². The molecule has 0 spiro atoms. The minimum Gasteiger partial charge on any atom is -0.338 e. The van der Waals surface area contributed by atoms with Crippen molar-refractivity contribution in [2.45, 2.75) is 31.0 Å². The standard InChI is InChI=1S/C18H20ClF3N4O4S/c1-11-9-16(30-24-11)23-17(27)12(2)25-5-7-26(8-6-25)31(28,29)13-3-4-15(19)14(10-13)18(20,21)22/h3-4,9-10,12H,5-8H2,1-2H3,(H,23,27)/t12-/m0/s1. The number of rotatable bonds is 5. The van der Waals surface area contributed by atoms with Gasteiger partial charge in [0.05, 0.1) is 27.2 Å². The first-order valence-electron chi connectivity index (χ1n) is 9.24. The molecule has 1 aromatic heterocycles. The third-order valence-electron chi connectivity index (χ3n) is 4.96. The lowest BCUT2D eigenvalue weighted by atomic mass is 10.2. The van der Waals surface area contributed by atoms with Gasteiger partial charge >= 0.3 is 6.18 Å². The molecule has 2 aromatic rings. The minimum absolute atomic E-state index is 0.0192. The van der Waals surface area contributed by atoms with Gasteiger partial charge in [0.2, 0.25) is 21.8 Å². The molecule has 1 aromatic carbocycles. The van der Waals surface area contributed by atoms with Crippen molar-refractivity contribution in [1.29, 1.82) is 0 Å². The molecule has 1 saturated heterocycles. The molecule has 1 aliphatic rings. The highest BCUT2D eigenvalue weighted by Crippen LogP contribution is 2.36. The highest BCUT2D eigenvalue weighted by Gasteiger charge is 2.37. The van der Waals surface area contributed by atoms with Crippen LogP contribution in [0.3, 0.4) is 0 Å². The predicted octanol–water partition coefficient (Wildman–Crippen LogP) is 2.99. The normalized spacial score (nSPS) is 17.5. The van der Waals surface area contributed by atoms with Gasteiger partial charge in [0.1, 0.15) is 0 Å². The lowest BCUT2D eigenvalue weighted by Gasteiger charge is -2.36. The topological polar surface area (TPSA) is 95.8 Å². The van der Waals surface area contributed by atoms with Crippen molar-refractivity contribution in [3.63, 3.8) is 0 Å². The molecule has 3 rings (SSSR count). The molecule has 0 unspecified atom stereocenters. The van der Waals surface area contributed by atoms with Crippen LogP contribution in [0.25, 0.3) is 0 Å². The first kappa shape index (κ1) is 23.5. The fourth-order valence-corrected chi connectivity index (χ4v) is 4.85. The van der Waals surface area contributed by atoms with Crippen molar-refractivity contribution < 1.29 is 30.9 Å². The average molecular weight is 481 g/mol. The largest absolute Gasteiger partial charge is 0.417 e. The number of aromatic nitrogens is 1. The van der Waals surface area contributed by atoms with Gasteiger partial charge in [0, 0.05) is 32.2 Å². The van der Waals surface area contributed by atoms with Crippen LogP contribution in [0, 0.1) is 6.92 Å². The molecule has 0 radical (unpaired) electrons. The second-order valence-electron chi connectivity index (χ2n) is 7.08. The second kappa shape index (κ2) is 8.77. The number of sulfonamides is 1. The summed E-state index contributed by atoms with van der Waals surface area (Å²) in [6.07, 6.45) is -4.77. The zero-order valence-corrected chi connectivity index (χ0v) is 18.2. The van der Waals surface area contributed by atoms with Gasteiger partial charge in [-0.25, -0.2) is 8.42 Å². The fourth-order valence-electron chi connectivity index (χ4n) is 3.18. The number of carbonyl (C=O) groups excluding carboxylic acids is 1. The van der Waals surface area contributed by atoms with E-state index in [1.54, 1.807) is 24.8 Å². The summed E-state index contributed by atoms with van der Waals surface area (Å²) >= 11 is 5.58. The summed E-state index contributed by atoms with van der Waals surface area (Å²) < 4.78 is 71.0. The second-order valence-corrected chi connectivity index (χ2v) is 9.42. The number of aryl methyl sites for hydroxylation is 1. The van der Waals surface area contributed by atoms with Gasteiger partial charge in [-0.1, -0.05) is 16.8 Å². The Kier molecular flexibility index (Phi) is 6.65. The highest BCUT2D eigenvalue weighted by molar-refractivity contribution is 7.89. The van der Waals surface area contributed by atoms with Gasteiger partial charge in [-0.15, -0.1) is 0 Å². The Morgan fingerprint density at radius 2 is 1.87 bits per heavy atom. The summed E-state index contributed by atoms with van der Waals surface area (Å²) in [5.74, 6) is -0.140. The van der Waals surface area contributed by atoms with E-state index in [1.807, 2.05) is 0 Å². The third-order valence-corrected chi connectivity index (χ3v) is 7.18. The van der Waals surface area contributed by atoms with Crippen molar-refractivity contribution in [1.82, 2.24) is 14.4 Å². The van der Waals surface area contributed by atoms with E-state index in [-0.39, 0.29) is 38.0 Å². The zero-order chi connectivity index (χ0) is 23.0. The van der Waals surface area contributed by atoms with Crippen LogP contribution in [0.5, 0.6) is 0 Å². The molecule has 1 N–H and O–H groups in total. The van der Waals surface area contributed by atoms with Crippen molar-refractivity contribution in [2.75, 3.05) is 31.5 Å². The maximum Gasteiger partial charge on any atom is 0.417 e. The van der Waals surface area contributed by atoms with E-state index in [2.05, 4.69) is 10.5 Å². The number of anilines is 1. The quantitative estimate of drug-likeness (QED) is 0.707. The summed E-state index contributed by atoms with van der Waals surface area (Å²) in [7, 11) is -4.15. The molecule has 170 valence electrons. The molecular weight excluding hydrogens is 461 g/mol. The number of nitrogens with zero attached hydrogens (tertiary/aromatic N) is 3. The first-order chi connectivity index (χ1) is 14.4. The summed E-state index contributed by atoms with van der Waals surface area (Å²) in [5, 5.41) is 5.70. The van der Waals surface area contributed by atoms with Gasteiger partial charge in [-0.3, -0.25) is 15.0 Å². The lowest BCUT2D eigenvalue weighted by Crippen LogP contribution is -2.53. The van der Waals surface area contributed by atoms with Crippen molar-refractivity contribution >= 4 is 33.4 Å². The van der Waals surface area contributed by atoms with Crippen molar-refractivity contribution in [3.05, 3.63) is 40.5 Å². The molecule has 1 fully saturated rings. The maximum atomic E-state index is 13.1. The van der Waals surface area contributed by atoms with E-state index in [4.69, 9.17) is 16.1 Å². The van der Waals surface area contributed by atoms with Crippen LogP contribution in [-0.4, -0.2) is 60.9 Å². The van der Waals surface area contributed by atoms with Crippen molar-refractivity contribution in [3.8, 4) is 0 Å². The summed E-state index contributed by atoms with van der Waals surface area (Å²) in [4.78, 5) is 13.7. The van der Waals surface area contributed by atoms with Gasteiger partial charge in [-0.05, 0) is 32.0 Å². The molecule has 0 saturated carbocycles. The number of benzene rings is 1. The van der Waals surface area contributed by atoms with Crippen LogP contribution >= 0.6 is 11.6 Å². The fraction of sp³-hybridized carbons (Fsp3) is 0.444. The highest BCUT2D eigenvalue weighted by atomic mass is 35.5. The number of carbonyl (C=O) groups is 1. The van der Waals surface area contributed by atoms with Gasteiger partial charge in [-0.2, -0.15) is 17.5 Å². The molecule has 0 aliphatic carbocycles. The zero-order valence-electron chi connectivity index (χ0n) is 16.6. The number of amides is 1. The predicted molar refractivity (Wildman–Crippen MR) is 106 cm³/mol. The van der Waals surface area contributed by atoms with E-state index < -0.39 is 37.7 Å². The van der Waals surface area contributed by atoms with Crippen LogP contribution in [-0.2, 0) is 21.0 Å². The van der Waals surface area contributed by atoms with E-state index in [0.29, 0.717) is 11.8 Å². The van der Waals surface area contributed by atoms with Crippen LogP contribution < -0.4 is 5.32 Å². The molecule has 13 heteroatoms. The molecular formula is C18H20ClF3N4O4S. The summed E-state index contributed by atoms with van der Waals surface area (Å²) in [5.41, 5.74) is -0.598. The Balaban J connectivity index is 1.66. The lowest BCUT2D eigenvalue weighted by molar-refractivity contribution is -0.137. The van der Waals surface area contributed by atoms with Gasteiger partial charge < -0.3 is 4.52 Å². The third kappa shape index (κ3) is 5.20. The monoisotopic (exact) mass is 480 g/mol. The Hall–Kier alpha value is -2.15. The summed E-state index contributed by atoms with van der Waals surface area (Å²) in [6.45, 7) is 3.86. The Morgan fingerprint density at radius 3 is 2.42 bits per heavy atom. The molecule has 31 heavy (non-hydrogen) atoms. The molecule has 1 amide bonds. The van der Waals surface area contributed by atoms with Crippen LogP contribution in [0.1, 0.15) is 18.2 Å². The smallest absolute Gasteiger partial charge is 0.338 e. The van der Waals surface area contributed by atoms with Gasteiger partial charge in [0.25, 0.3) is 0 Å². The number of piperazine rings is 1. The minimum atomic E-state index is -4.77. The number of hydrogen-bond donors (Lipinski definition) is 1. The van der Waals surface area contributed by atoms with Crippen molar-refractivity contribution in [2.24, 2.45) is 0 Å². The molecule has 2 heterocycles. The van der Waals surface area contributed by atoms with Crippen LogP contribution in [0.2, 0.25) is 5.02 Å². The molecule has 1 atom stereocenters. The molecule has 8 nitrogen and oxygen atoms in total. The van der Waals surface area contributed by atoms with E-state index >= 15 is 0 Å². The van der Waals surface area contributed by atoms with Crippen LogP contribution in [0.15, 0.2) is 33.7 Å². The Morgan fingerprint density at radius 1 is 1.23 bits per heavy atom. The maximum absolute atomic E-state index is 13.1. The molecule has 1 aliphatic heterocycles. The number of halogens is 4. The SMILES string of the molecule is Cc1cc(NC(=O)[C@H](C)N2CCN(S(=O)(=O)c3ccc(Cl)c(C(F)(F)F)c3)CC2)on1. The Labute approximate surface area is 182 Å².